The van der Waals surface area contributed by atoms with Crippen LogP contribution in [0.2, 0.25) is 0 Å². The summed E-state index contributed by atoms with van der Waals surface area (Å²) in [5, 5.41) is 3.07. The number of anilines is 1. The van der Waals surface area contributed by atoms with Crippen molar-refractivity contribution in [2.24, 2.45) is 5.92 Å². The number of aryl methyl sites for hydroxylation is 2. The number of rotatable bonds is 5. The van der Waals surface area contributed by atoms with E-state index >= 15 is 0 Å². The Morgan fingerprint density at radius 1 is 1.09 bits per heavy atom. The number of carbonyl (C=O) groups excluding carboxylic acids is 1. The molecule has 7 nitrogen and oxygen atoms in total. The maximum Gasteiger partial charge on any atom is 0.254 e. The second-order valence-electron chi connectivity index (χ2n) is 8.49. The van der Waals surface area contributed by atoms with Gasteiger partial charge in [-0.2, -0.15) is 0 Å². The van der Waals surface area contributed by atoms with Crippen molar-refractivity contribution in [3.05, 3.63) is 75.3 Å². The van der Waals surface area contributed by atoms with Gasteiger partial charge in [0.2, 0.25) is 5.91 Å². The third kappa shape index (κ3) is 4.88. The summed E-state index contributed by atoms with van der Waals surface area (Å²) in [6.45, 7) is 7.79. The molecule has 1 amide bonds. The summed E-state index contributed by atoms with van der Waals surface area (Å²) < 4.78 is 0. The summed E-state index contributed by atoms with van der Waals surface area (Å²) in [5.74, 6) is 1.55. The van der Waals surface area contributed by atoms with Gasteiger partial charge in [0.1, 0.15) is 11.6 Å². The number of nitrogens with one attached hydrogen (secondary N) is 2. The number of hydrogen-bond donors (Lipinski definition) is 2. The number of pyridine rings is 1. The molecule has 0 unspecified atom stereocenters. The summed E-state index contributed by atoms with van der Waals surface area (Å²) in [6.07, 6.45) is 3.34. The molecule has 32 heavy (non-hydrogen) atoms. The Hall–Kier alpha value is -3.48. The Bertz CT molecular complexity index is 1140. The quantitative estimate of drug-likeness (QED) is 0.647. The van der Waals surface area contributed by atoms with Crippen molar-refractivity contribution < 1.29 is 4.79 Å². The van der Waals surface area contributed by atoms with Crippen molar-refractivity contribution in [2.75, 3.05) is 18.0 Å². The average molecular weight is 432 g/mol. The molecule has 1 saturated heterocycles. The van der Waals surface area contributed by atoms with Crippen LogP contribution in [-0.4, -0.2) is 33.9 Å². The maximum atomic E-state index is 12.6. The largest absolute Gasteiger partial charge is 0.357 e. The Kier molecular flexibility index (Phi) is 6.35. The van der Waals surface area contributed by atoms with E-state index in [9.17, 15) is 9.59 Å². The zero-order valence-electron chi connectivity index (χ0n) is 18.8. The first-order chi connectivity index (χ1) is 15.4. The van der Waals surface area contributed by atoms with E-state index in [0.29, 0.717) is 17.9 Å². The van der Waals surface area contributed by atoms with Crippen LogP contribution in [0, 0.1) is 26.7 Å². The molecule has 0 bridgehead atoms. The topological polar surface area (TPSA) is 91.0 Å². The number of benzene rings is 1. The minimum Gasteiger partial charge on any atom is -0.357 e. The molecule has 2 N–H and O–H groups in total. The molecule has 0 aliphatic carbocycles. The lowest BCUT2D eigenvalue weighted by molar-refractivity contribution is -0.125. The molecule has 1 aromatic carbocycles. The highest BCUT2D eigenvalue weighted by Gasteiger charge is 2.25. The summed E-state index contributed by atoms with van der Waals surface area (Å²) in [6, 6.07) is 12.1. The third-order valence-electron chi connectivity index (χ3n) is 6.19. The molecule has 4 rings (SSSR count). The minimum atomic E-state index is -0.126. The van der Waals surface area contributed by atoms with E-state index in [0.717, 1.165) is 48.6 Å². The molecule has 3 aromatic rings. The van der Waals surface area contributed by atoms with Gasteiger partial charge in [-0.3, -0.25) is 9.59 Å². The second-order valence-corrected chi connectivity index (χ2v) is 8.49. The first-order valence-electron chi connectivity index (χ1n) is 11.0. The number of aromatic amines is 1. The van der Waals surface area contributed by atoms with Crippen LogP contribution >= 0.6 is 0 Å². The number of aromatic nitrogens is 3. The first-order valence-corrected chi connectivity index (χ1v) is 11.0. The van der Waals surface area contributed by atoms with Crippen molar-refractivity contribution in [1.82, 2.24) is 20.3 Å². The summed E-state index contributed by atoms with van der Waals surface area (Å²) >= 11 is 0. The van der Waals surface area contributed by atoms with Crippen molar-refractivity contribution in [1.29, 1.82) is 0 Å². The minimum absolute atomic E-state index is 0.0285. The van der Waals surface area contributed by atoms with Crippen LogP contribution in [0.25, 0.3) is 11.4 Å². The molecule has 0 saturated carbocycles. The van der Waals surface area contributed by atoms with Gasteiger partial charge in [-0.25, -0.2) is 9.97 Å². The summed E-state index contributed by atoms with van der Waals surface area (Å²) in [7, 11) is 0. The standard InChI is InChI=1S/C25H29N5O2/c1-16-4-6-19(7-5-16)14-27-25(32)20-10-12-30(13-11-20)22-9-8-21(15-26-22)23-28-18(3)17(2)24(31)29-23/h4-9,15,20H,10-14H2,1-3H3,(H,27,32)(H,28,29,31). The highest BCUT2D eigenvalue weighted by Crippen LogP contribution is 2.24. The van der Waals surface area contributed by atoms with E-state index in [1.54, 1.807) is 13.1 Å². The molecule has 0 radical (unpaired) electrons. The zero-order valence-corrected chi connectivity index (χ0v) is 18.8. The van der Waals surface area contributed by atoms with Crippen LogP contribution in [-0.2, 0) is 11.3 Å². The smallest absolute Gasteiger partial charge is 0.254 e. The Balaban J connectivity index is 1.32. The average Bonchev–Trinajstić information content (AvgIpc) is 2.82. The highest BCUT2D eigenvalue weighted by molar-refractivity contribution is 5.79. The van der Waals surface area contributed by atoms with E-state index in [1.165, 1.54) is 5.56 Å². The normalized spacial score (nSPS) is 14.4. The number of H-pyrrole nitrogens is 1. The van der Waals surface area contributed by atoms with Gasteiger partial charge in [0.05, 0.1) is 0 Å². The number of piperidine rings is 1. The van der Waals surface area contributed by atoms with Crippen molar-refractivity contribution in [3.63, 3.8) is 0 Å². The lowest BCUT2D eigenvalue weighted by atomic mass is 9.95. The van der Waals surface area contributed by atoms with E-state index in [2.05, 4.69) is 56.4 Å². The fraction of sp³-hybridized carbons (Fsp3) is 0.360. The maximum absolute atomic E-state index is 12.6. The number of amides is 1. The van der Waals surface area contributed by atoms with Gasteiger partial charge in [-0.1, -0.05) is 29.8 Å². The van der Waals surface area contributed by atoms with Crippen LogP contribution in [0.5, 0.6) is 0 Å². The zero-order chi connectivity index (χ0) is 22.7. The summed E-state index contributed by atoms with van der Waals surface area (Å²) in [5.41, 5.74) is 4.33. The van der Waals surface area contributed by atoms with Crippen molar-refractivity contribution in [3.8, 4) is 11.4 Å². The lowest BCUT2D eigenvalue weighted by Gasteiger charge is -2.32. The van der Waals surface area contributed by atoms with E-state index < -0.39 is 0 Å². The molecule has 166 valence electrons. The number of nitrogens with zero attached hydrogens (tertiary/aromatic N) is 3. The van der Waals surface area contributed by atoms with Crippen LogP contribution in [0.3, 0.4) is 0 Å². The molecule has 1 fully saturated rings. The monoisotopic (exact) mass is 431 g/mol. The molecule has 3 heterocycles. The fourth-order valence-corrected chi connectivity index (χ4v) is 3.91. The Morgan fingerprint density at radius 3 is 2.44 bits per heavy atom. The molecule has 0 spiro atoms. The number of hydrogen-bond acceptors (Lipinski definition) is 5. The molecule has 1 aliphatic rings. The summed E-state index contributed by atoms with van der Waals surface area (Å²) in [4.78, 5) is 38.7. The highest BCUT2D eigenvalue weighted by atomic mass is 16.2. The van der Waals surface area contributed by atoms with Gasteiger partial charge in [0.15, 0.2) is 0 Å². The van der Waals surface area contributed by atoms with E-state index in [4.69, 9.17) is 0 Å². The Labute approximate surface area is 187 Å². The predicted molar refractivity (Wildman–Crippen MR) is 126 cm³/mol. The first kappa shape index (κ1) is 21.7. The second kappa shape index (κ2) is 9.34. The van der Waals surface area contributed by atoms with Gasteiger partial charge in [0, 0.05) is 48.6 Å². The predicted octanol–water partition coefficient (Wildman–Crippen LogP) is 3.29. The van der Waals surface area contributed by atoms with Gasteiger partial charge >= 0.3 is 0 Å². The van der Waals surface area contributed by atoms with Crippen LogP contribution < -0.4 is 15.8 Å². The molecule has 0 atom stereocenters. The van der Waals surface area contributed by atoms with E-state index in [-0.39, 0.29) is 17.4 Å². The fourth-order valence-electron chi connectivity index (χ4n) is 3.91. The Morgan fingerprint density at radius 2 is 1.81 bits per heavy atom. The molecule has 7 heteroatoms. The van der Waals surface area contributed by atoms with Crippen molar-refractivity contribution in [2.45, 2.75) is 40.2 Å². The van der Waals surface area contributed by atoms with E-state index in [1.807, 2.05) is 19.1 Å². The molecular weight excluding hydrogens is 402 g/mol. The third-order valence-corrected chi connectivity index (χ3v) is 6.19. The molecule has 2 aromatic heterocycles. The van der Waals surface area contributed by atoms with Crippen molar-refractivity contribution >= 4 is 11.7 Å². The SMILES string of the molecule is Cc1ccc(CNC(=O)C2CCN(c3ccc(-c4nc(C)c(C)c(=O)[nH]4)cn3)CC2)cc1. The van der Waals surface area contributed by atoms with Gasteiger partial charge in [-0.05, 0) is 51.3 Å². The van der Waals surface area contributed by atoms with Crippen LogP contribution in [0.1, 0.15) is 35.2 Å². The van der Waals surface area contributed by atoms with Gasteiger partial charge in [0.25, 0.3) is 5.56 Å². The lowest BCUT2D eigenvalue weighted by Crippen LogP contribution is -2.40. The van der Waals surface area contributed by atoms with Gasteiger partial charge < -0.3 is 15.2 Å². The molecule has 1 aliphatic heterocycles. The van der Waals surface area contributed by atoms with Gasteiger partial charge in [-0.15, -0.1) is 0 Å². The molecular formula is C25H29N5O2. The van der Waals surface area contributed by atoms with Crippen LogP contribution in [0.15, 0.2) is 47.4 Å². The number of carbonyl (C=O) groups is 1. The van der Waals surface area contributed by atoms with Crippen LogP contribution in [0.4, 0.5) is 5.82 Å².